The molecule has 0 aromatic rings. The zero-order valence-corrected chi connectivity index (χ0v) is 13.0. The first-order chi connectivity index (χ1) is 9.11. The minimum atomic E-state index is 0.00863. The van der Waals surface area contributed by atoms with Crippen LogP contribution in [0.5, 0.6) is 0 Å². The van der Waals surface area contributed by atoms with Crippen LogP contribution in [0.4, 0.5) is 0 Å². The number of nitrogens with zero attached hydrogens (tertiary/aromatic N) is 1. The first-order valence-corrected chi connectivity index (χ1v) is 8.13. The average molecular weight is 268 g/mol. The average Bonchev–Trinajstić information content (AvgIpc) is 2.83. The molecule has 1 aliphatic heterocycles. The summed E-state index contributed by atoms with van der Waals surface area (Å²) in [6, 6.07) is 0. The van der Waals surface area contributed by atoms with Crippen molar-refractivity contribution in [3.05, 3.63) is 0 Å². The molecule has 0 radical (unpaired) electrons. The summed E-state index contributed by atoms with van der Waals surface area (Å²) < 4.78 is 0. The van der Waals surface area contributed by atoms with Crippen molar-refractivity contribution in [2.24, 2.45) is 17.8 Å². The van der Waals surface area contributed by atoms with Crippen molar-refractivity contribution in [2.75, 3.05) is 33.3 Å². The van der Waals surface area contributed by atoms with Crippen molar-refractivity contribution >= 4 is 0 Å². The molecule has 0 aromatic heterocycles. The standard InChI is InChI=1S/C16H32N2O/c1-13-6-9-18(11-14(13)2)10-7-15-5-4-8-16(15,12-19)17-3/h13-15,17,19H,4-12H2,1-3H3. The Balaban J connectivity index is 1.82. The molecule has 2 fully saturated rings. The van der Waals surface area contributed by atoms with E-state index in [1.165, 1.54) is 45.3 Å². The second-order valence-electron chi connectivity index (χ2n) is 6.99. The molecule has 19 heavy (non-hydrogen) atoms. The number of hydrogen-bond donors (Lipinski definition) is 2. The molecular formula is C16H32N2O. The predicted molar refractivity (Wildman–Crippen MR) is 80.2 cm³/mol. The summed E-state index contributed by atoms with van der Waals surface area (Å²) in [7, 11) is 2.01. The van der Waals surface area contributed by atoms with Gasteiger partial charge in [0.2, 0.25) is 0 Å². The van der Waals surface area contributed by atoms with Gasteiger partial charge in [0.25, 0.3) is 0 Å². The molecule has 1 saturated carbocycles. The van der Waals surface area contributed by atoms with Crippen LogP contribution in [0.2, 0.25) is 0 Å². The zero-order valence-electron chi connectivity index (χ0n) is 13.0. The van der Waals surface area contributed by atoms with E-state index in [2.05, 4.69) is 24.1 Å². The van der Waals surface area contributed by atoms with Crippen LogP contribution in [-0.4, -0.2) is 48.8 Å². The van der Waals surface area contributed by atoms with E-state index in [1.54, 1.807) is 0 Å². The van der Waals surface area contributed by atoms with Crippen LogP contribution in [0.25, 0.3) is 0 Å². The molecule has 2 rings (SSSR count). The van der Waals surface area contributed by atoms with E-state index in [1.807, 2.05) is 7.05 Å². The van der Waals surface area contributed by atoms with Crippen molar-refractivity contribution in [3.8, 4) is 0 Å². The maximum atomic E-state index is 9.72. The Kier molecular flexibility index (Phi) is 5.27. The maximum absolute atomic E-state index is 9.72. The van der Waals surface area contributed by atoms with Gasteiger partial charge in [-0.15, -0.1) is 0 Å². The van der Waals surface area contributed by atoms with E-state index in [0.717, 1.165) is 18.3 Å². The van der Waals surface area contributed by atoms with E-state index in [9.17, 15) is 5.11 Å². The second kappa shape index (κ2) is 6.55. The van der Waals surface area contributed by atoms with E-state index in [4.69, 9.17) is 0 Å². The number of hydrogen-bond acceptors (Lipinski definition) is 3. The SMILES string of the molecule is CNC1(CO)CCCC1CCN1CCC(C)C(C)C1. The van der Waals surface area contributed by atoms with Gasteiger partial charge in [-0.2, -0.15) is 0 Å². The summed E-state index contributed by atoms with van der Waals surface area (Å²) in [4.78, 5) is 2.64. The number of rotatable bonds is 5. The van der Waals surface area contributed by atoms with Gasteiger partial charge >= 0.3 is 0 Å². The topological polar surface area (TPSA) is 35.5 Å². The third-order valence-corrected chi connectivity index (χ3v) is 5.95. The molecule has 1 aliphatic carbocycles. The van der Waals surface area contributed by atoms with Crippen LogP contribution in [-0.2, 0) is 0 Å². The van der Waals surface area contributed by atoms with Gasteiger partial charge in [-0.1, -0.05) is 20.3 Å². The van der Waals surface area contributed by atoms with E-state index in [-0.39, 0.29) is 5.54 Å². The fourth-order valence-electron chi connectivity index (χ4n) is 4.07. The second-order valence-corrected chi connectivity index (χ2v) is 6.99. The van der Waals surface area contributed by atoms with Gasteiger partial charge in [-0.05, 0) is 63.6 Å². The molecule has 0 spiro atoms. The van der Waals surface area contributed by atoms with Crippen LogP contribution < -0.4 is 5.32 Å². The van der Waals surface area contributed by atoms with E-state index < -0.39 is 0 Å². The first-order valence-electron chi connectivity index (χ1n) is 8.13. The molecule has 112 valence electrons. The Morgan fingerprint density at radius 3 is 2.68 bits per heavy atom. The molecule has 3 nitrogen and oxygen atoms in total. The molecule has 4 unspecified atom stereocenters. The summed E-state index contributed by atoms with van der Waals surface area (Å²) in [6.45, 7) is 8.81. The van der Waals surface area contributed by atoms with Crippen molar-refractivity contribution in [2.45, 2.75) is 51.5 Å². The lowest BCUT2D eigenvalue weighted by Crippen LogP contribution is -2.50. The van der Waals surface area contributed by atoms with Gasteiger partial charge in [-0.3, -0.25) is 0 Å². The molecular weight excluding hydrogens is 236 g/mol. The number of aliphatic hydroxyl groups is 1. The van der Waals surface area contributed by atoms with Gasteiger partial charge in [0.05, 0.1) is 6.61 Å². The highest BCUT2D eigenvalue weighted by molar-refractivity contribution is 4.98. The lowest BCUT2D eigenvalue weighted by molar-refractivity contribution is 0.0988. The van der Waals surface area contributed by atoms with Crippen LogP contribution in [0.1, 0.15) is 46.0 Å². The lowest BCUT2D eigenvalue weighted by Gasteiger charge is -2.38. The van der Waals surface area contributed by atoms with E-state index in [0.29, 0.717) is 12.5 Å². The fraction of sp³-hybridized carbons (Fsp3) is 1.00. The highest BCUT2D eigenvalue weighted by Gasteiger charge is 2.40. The van der Waals surface area contributed by atoms with Crippen molar-refractivity contribution in [1.29, 1.82) is 0 Å². The zero-order chi connectivity index (χ0) is 13.9. The largest absolute Gasteiger partial charge is 0.394 e. The van der Waals surface area contributed by atoms with Crippen molar-refractivity contribution in [1.82, 2.24) is 10.2 Å². The summed E-state index contributed by atoms with van der Waals surface area (Å²) in [5.74, 6) is 2.37. The Bertz CT molecular complexity index is 278. The molecule has 4 atom stereocenters. The van der Waals surface area contributed by atoms with Gasteiger partial charge in [-0.25, -0.2) is 0 Å². The van der Waals surface area contributed by atoms with Crippen LogP contribution in [0.15, 0.2) is 0 Å². The summed E-state index contributed by atoms with van der Waals surface area (Å²) in [5, 5.41) is 13.1. The molecule has 3 heteroatoms. The number of aliphatic hydroxyl groups excluding tert-OH is 1. The Morgan fingerprint density at radius 1 is 1.26 bits per heavy atom. The third-order valence-electron chi connectivity index (χ3n) is 5.95. The fourth-order valence-corrected chi connectivity index (χ4v) is 4.07. The summed E-state index contributed by atoms with van der Waals surface area (Å²) in [5.41, 5.74) is 0.00863. The molecule has 2 aliphatic rings. The molecule has 0 bridgehead atoms. The predicted octanol–water partition coefficient (Wildman–Crippen LogP) is 2.10. The monoisotopic (exact) mass is 268 g/mol. The normalized spacial score (nSPS) is 40.7. The van der Waals surface area contributed by atoms with Gasteiger partial charge in [0, 0.05) is 12.1 Å². The smallest absolute Gasteiger partial charge is 0.0615 e. The van der Waals surface area contributed by atoms with Gasteiger partial charge in [0.1, 0.15) is 0 Å². The highest BCUT2D eigenvalue weighted by Crippen LogP contribution is 2.37. The van der Waals surface area contributed by atoms with Gasteiger partial charge < -0.3 is 15.3 Å². The van der Waals surface area contributed by atoms with Crippen LogP contribution in [0, 0.1) is 17.8 Å². The Hall–Kier alpha value is -0.120. The maximum Gasteiger partial charge on any atom is 0.0615 e. The molecule has 1 heterocycles. The number of nitrogens with one attached hydrogen (secondary N) is 1. The van der Waals surface area contributed by atoms with Crippen molar-refractivity contribution < 1.29 is 5.11 Å². The van der Waals surface area contributed by atoms with Crippen LogP contribution >= 0.6 is 0 Å². The Labute approximate surface area is 118 Å². The van der Waals surface area contributed by atoms with Gasteiger partial charge in [0.15, 0.2) is 0 Å². The summed E-state index contributed by atoms with van der Waals surface area (Å²) >= 11 is 0. The summed E-state index contributed by atoms with van der Waals surface area (Å²) in [6.07, 6.45) is 6.27. The minimum Gasteiger partial charge on any atom is -0.394 e. The molecule has 2 N–H and O–H groups in total. The van der Waals surface area contributed by atoms with E-state index >= 15 is 0 Å². The first kappa shape index (κ1) is 15.3. The minimum absolute atomic E-state index is 0.00863. The number of piperidine rings is 1. The number of likely N-dealkylation sites (N-methyl/N-ethyl adjacent to an activating group) is 1. The van der Waals surface area contributed by atoms with Crippen molar-refractivity contribution in [3.63, 3.8) is 0 Å². The Morgan fingerprint density at radius 2 is 2.05 bits per heavy atom. The quantitative estimate of drug-likeness (QED) is 0.801. The third kappa shape index (κ3) is 3.32. The molecule has 0 aromatic carbocycles. The molecule has 0 amide bonds. The highest BCUT2D eigenvalue weighted by atomic mass is 16.3. The molecule has 1 saturated heterocycles. The lowest BCUT2D eigenvalue weighted by atomic mass is 9.84. The van der Waals surface area contributed by atoms with Crippen LogP contribution in [0.3, 0.4) is 0 Å². The number of likely N-dealkylation sites (tertiary alicyclic amines) is 1.